The van der Waals surface area contributed by atoms with Gasteiger partial charge in [0, 0.05) is 23.0 Å². The molecule has 9 heteroatoms. The van der Waals surface area contributed by atoms with Gasteiger partial charge in [-0.25, -0.2) is 0 Å². The number of esters is 1. The maximum atomic E-state index is 12.5. The summed E-state index contributed by atoms with van der Waals surface area (Å²) in [5, 5.41) is 11.0. The smallest absolute Gasteiger partial charge is 0.307 e. The van der Waals surface area contributed by atoms with Crippen LogP contribution in [0.5, 0.6) is 0 Å². The number of nitrogens with one attached hydrogen (secondary N) is 1. The van der Waals surface area contributed by atoms with Crippen molar-refractivity contribution in [2.45, 2.75) is 44.4 Å². The van der Waals surface area contributed by atoms with Crippen LogP contribution < -0.4 is 4.72 Å². The van der Waals surface area contributed by atoms with Crippen LogP contribution in [-0.4, -0.2) is 27.3 Å². The summed E-state index contributed by atoms with van der Waals surface area (Å²) in [7, 11) is 1.23. The van der Waals surface area contributed by atoms with Crippen molar-refractivity contribution in [1.29, 1.82) is 0 Å². The molecule has 0 saturated heterocycles. The van der Waals surface area contributed by atoms with Gasteiger partial charge in [-0.3, -0.25) is 14.9 Å². The molecule has 134 valence electrons. The summed E-state index contributed by atoms with van der Waals surface area (Å²) in [6.45, 7) is 6.91. The molecule has 0 fully saturated rings. The van der Waals surface area contributed by atoms with Gasteiger partial charge >= 0.3 is 5.97 Å². The number of carbonyl (C=O) groups is 1. The van der Waals surface area contributed by atoms with Gasteiger partial charge in [0.2, 0.25) is 0 Å². The second-order valence-electron chi connectivity index (χ2n) is 6.46. The highest BCUT2D eigenvalue weighted by atomic mass is 35.5. The average molecular weight is 377 g/mol. The number of nitro groups is 1. The van der Waals surface area contributed by atoms with E-state index in [9.17, 15) is 19.5 Å². The van der Waals surface area contributed by atoms with E-state index in [0.29, 0.717) is 5.56 Å². The first-order valence-electron chi connectivity index (χ1n) is 7.12. The molecule has 0 saturated carbocycles. The fourth-order valence-corrected chi connectivity index (χ4v) is 3.29. The molecule has 0 aliphatic rings. The third-order valence-corrected chi connectivity index (χ3v) is 5.51. The van der Waals surface area contributed by atoms with Crippen molar-refractivity contribution < 1.29 is 19.0 Å². The number of nitrogens with zero attached hydrogens (tertiary/aromatic N) is 1. The molecule has 0 heterocycles. The standard InChI is InChI=1S/C15H21ClN2O5S/c1-14(2,3)24(22)17-15(4,9-12(19)23-5)10-7-6-8-11(13(10)16)18(20)21/h6-8,17H,9H2,1-5H3/t15-,24?/m0/s1. The molecule has 1 N–H and O–H groups in total. The van der Waals surface area contributed by atoms with Crippen molar-refractivity contribution in [1.82, 2.24) is 4.72 Å². The third-order valence-electron chi connectivity index (χ3n) is 3.37. The zero-order valence-corrected chi connectivity index (χ0v) is 15.8. The number of carbonyl (C=O) groups excluding carboxylic acids is 1. The van der Waals surface area contributed by atoms with Crippen LogP contribution in [0, 0.1) is 10.1 Å². The lowest BCUT2D eigenvalue weighted by molar-refractivity contribution is -0.384. The Morgan fingerprint density at radius 1 is 1.38 bits per heavy atom. The van der Waals surface area contributed by atoms with E-state index in [1.807, 2.05) is 0 Å². The van der Waals surface area contributed by atoms with Gasteiger partial charge in [-0.15, -0.1) is 4.72 Å². The molecule has 2 atom stereocenters. The molecule has 0 aromatic heterocycles. The number of hydrogen-bond acceptors (Lipinski definition) is 6. The number of benzene rings is 1. The van der Waals surface area contributed by atoms with Gasteiger partial charge in [-0.2, -0.15) is 0 Å². The predicted octanol–water partition coefficient (Wildman–Crippen LogP) is 3.08. The molecule has 0 aliphatic heterocycles. The monoisotopic (exact) mass is 376 g/mol. The van der Waals surface area contributed by atoms with Crippen LogP contribution in [0.2, 0.25) is 5.02 Å². The van der Waals surface area contributed by atoms with Gasteiger partial charge in [0.1, 0.15) is 9.77 Å². The third kappa shape index (κ3) is 4.83. The minimum absolute atomic E-state index is 0.104. The molecule has 1 aromatic rings. The molecule has 24 heavy (non-hydrogen) atoms. The number of hydrogen-bond donors (Lipinski definition) is 1. The Morgan fingerprint density at radius 2 is 1.96 bits per heavy atom. The SMILES string of the molecule is COC(=O)C[C@](C)(N[S+]([O-])C(C)(C)C)c1cccc([N+](=O)[O-])c1Cl. The Morgan fingerprint density at radius 3 is 2.42 bits per heavy atom. The minimum Gasteiger partial charge on any atom is -0.598 e. The molecule has 0 spiro atoms. The van der Waals surface area contributed by atoms with Gasteiger partial charge in [0.15, 0.2) is 0 Å². The molecule has 1 aromatic carbocycles. The normalized spacial score (nSPS) is 15.5. The lowest BCUT2D eigenvalue weighted by Crippen LogP contribution is -2.51. The first kappa shape index (κ1) is 20.7. The molecule has 0 bridgehead atoms. The summed E-state index contributed by atoms with van der Waals surface area (Å²) in [4.78, 5) is 22.3. The number of methoxy groups -OCH3 is 1. The summed E-state index contributed by atoms with van der Waals surface area (Å²) >= 11 is 4.64. The van der Waals surface area contributed by atoms with Gasteiger partial charge in [-0.1, -0.05) is 23.7 Å². The van der Waals surface area contributed by atoms with Crippen LogP contribution >= 0.6 is 11.6 Å². The Bertz CT molecular complexity index is 635. The summed E-state index contributed by atoms with van der Waals surface area (Å²) in [6, 6.07) is 4.30. The Hall–Kier alpha value is -1.35. The highest BCUT2D eigenvalue weighted by molar-refractivity contribution is 7.90. The zero-order valence-electron chi connectivity index (χ0n) is 14.2. The topological polar surface area (TPSA) is 105 Å². The van der Waals surface area contributed by atoms with Crippen LogP contribution in [0.4, 0.5) is 5.69 Å². The minimum atomic E-state index is -1.54. The zero-order chi connectivity index (χ0) is 18.7. The second kappa shape index (κ2) is 7.69. The summed E-state index contributed by atoms with van der Waals surface area (Å²) < 4.78 is 19.5. The van der Waals surface area contributed by atoms with E-state index in [-0.39, 0.29) is 17.1 Å². The van der Waals surface area contributed by atoms with E-state index in [2.05, 4.69) is 4.72 Å². The van der Waals surface area contributed by atoms with Crippen LogP contribution in [0.3, 0.4) is 0 Å². The molecule has 7 nitrogen and oxygen atoms in total. The van der Waals surface area contributed by atoms with E-state index in [1.54, 1.807) is 33.8 Å². The highest BCUT2D eigenvalue weighted by Crippen LogP contribution is 2.38. The number of halogens is 1. The van der Waals surface area contributed by atoms with E-state index >= 15 is 0 Å². The Labute approximate surface area is 149 Å². The van der Waals surface area contributed by atoms with E-state index in [4.69, 9.17) is 16.3 Å². The number of ether oxygens (including phenoxy) is 1. The van der Waals surface area contributed by atoms with Gasteiger partial charge in [0.25, 0.3) is 5.69 Å². The fourth-order valence-electron chi connectivity index (χ4n) is 1.99. The summed E-state index contributed by atoms with van der Waals surface area (Å²) in [5.41, 5.74) is -1.18. The van der Waals surface area contributed by atoms with Gasteiger partial charge in [0.05, 0.1) is 24.0 Å². The molecule has 0 aliphatic carbocycles. The highest BCUT2D eigenvalue weighted by Gasteiger charge is 2.41. The largest absolute Gasteiger partial charge is 0.598 e. The maximum Gasteiger partial charge on any atom is 0.307 e. The van der Waals surface area contributed by atoms with E-state index in [0.717, 1.165) is 0 Å². The van der Waals surface area contributed by atoms with Crippen molar-refractivity contribution in [2.24, 2.45) is 0 Å². The molecular weight excluding hydrogens is 356 g/mol. The summed E-state index contributed by atoms with van der Waals surface area (Å²) in [5.74, 6) is -0.557. The molecule has 1 rings (SSSR count). The van der Waals surface area contributed by atoms with Crippen LogP contribution in [0.15, 0.2) is 18.2 Å². The quantitative estimate of drug-likeness (QED) is 0.354. The average Bonchev–Trinajstić information content (AvgIpc) is 2.45. The van der Waals surface area contributed by atoms with Crippen molar-refractivity contribution in [3.8, 4) is 0 Å². The van der Waals surface area contributed by atoms with E-state index in [1.165, 1.54) is 19.2 Å². The lowest BCUT2D eigenvalue weighted by atomic mass is 9.89. The maximum absolute atomic E-state index is 12.5. The lowest BCUT2D eigenvalue weighted by Gasteiger charge is -2.34. The van der Waals surface area contributed by atoms with Crippen molar-refractivity contribution in [3.05, 3.63) is 38.9 Å². The van der Waals surface area contributed by atoms with E-state index < -0.39 is 32.5 Å². The van der Waals surface area contributed by atoms with Crippen molar-refractivity contribution in [3.63, 3.8) is 0 Å². The number of rotatable bonds is 6. The molecule has 0 amide bonds. The van der Waals surface area contributed by atoms with Crippen LogP contribution in [-0.2, 0) is 26.4 Å². The Balaban J connectivity index is 3.41. The first-order chi connectivity index (χ1) is 10.9. The first-order valence-corrected chi connectivity index (χ1v) is 8.65. The fraction of sp³-hybridized carbons (Fsp3) is 0.533. The second-order valence-corrected chi connectivity index (χ2v) is 8.81. The molecule has 1 unspecified atom stereocenters. The predicted molar refractivity (Wildman–Crippen MR) is 93.1 cm³/mol. The van der Waals surface area contributed by atoms with Gasteiger partial charge < -0.3 is 9.29 Å². The van der Waals surface area contributed by atoms with Crippen molar-refractivity contribution in [2.75, 3.05) is 7.11 Å². The molecule has 0 radical (unpaired) electrons. The van der Waals surface area contributed by atoms with Crippen LogP contribution in [0.25, 0.3) is 0 Å². The number of nitro benzene ring substituents is 1. The van der Waals surface area contributed by atoms with Gasteiger partial charge in [-0.05, 0) is 27.7 Å². The summed E-state index contributed by atoms with van der Waals surface area (Å²) in [6.07, 6.45) is -0.188. The van der Waals surface area contributed by atoms with Crippen molar-refractivity contribution >= 4 is 34.6 Å². The molecular formula is C15H21ClN2O5S. The Kier molecular flexibility index (Phi) is 6.63. The van der Waals surface area contributed by atoms with Crippen LogP contribution in [0.1, 0.15) is 39.7 Å².